The summed E-state index contributed by atoms with van der Waals surface area (Å²) in [6, 6.07) is 15.3. The van der Waals surface area contributed by atoms with Crippen molar-refractivity contribution >= 4 is 35.2 Å². The lowest BCUT2D eigenvalue weighted by Gasteiger charge is -2.18. The van der Waals surface area contributed by atoms with Gasteiger partial charge in [0.15, 0.2) is 0 Å². The predicted molar refractivity (Wildman–Crippen MR) is 114 cm³/mol. The molecule has 0 aliphatic carbocycles. The molecule has 0 aromatic heterocycles. The zero-order valence-electron chi connectivity index (χ0n) is 15.8. The molecule has 0 aliphatic heterocycles. The Morgan fingerprint density at radius 2 is 1.00 bits per heavy atom. The van der Waals surface area contributed by atoms with E-state index < -0.39 is 50.1 Å². The molecule has 0 fully saturated rings. The highest BCUT2D eigenvalue weighted by Gasteiger charge is 2.37. The van der Waals surface area contributed by atoms with Gasteiger partial charge in [-0.05, 0) is 18.2 Å². The Hall–Kier alpha value is -3.96. The van der Waals surface area contributed by atoms with Crippen molar-refractivity contribution in [3.05, 3.63) is 103 Å². The van der Waals surface area contributed by atoms with E-state index in [0.29, 0.717) is 11.4 Å². The maximum absolute atomic E-state index is 13.7. The van der Waals surface area contributed by atoms with Crippen LogP contribution in [-0.4, -0.2) is 14.8 Å². The van der Waals surface area contributed by atoms with Gasteiger partial charge in [-0.25, -0.2) is 4.57 Å². The quantitative estimate of drug-likeness (QED) is 0.210. The first kappa shape index (κ1) is 22.7. The molecule has 0 saturated heterocycles. The van der Waals surface area contributed by atoms with Crippen LogP contribution in [0.4, 0.5) is 17.1 Å². The van der Waals surface area contributed by atoms with Crippen molar-refractivity contribution in [1.29, 1.82) is 0 Å². The van der Waals surface area contributed by atoms with Crippen LogP contribution in [0.1, 0.15) is 0 Å². The Balaban J connectivity index is 2.10. The summed E-state index contributed by atoms with van der Waals surface area (Å²) < 4.78 is 24.5. The molecule has 14 heteroatoms. The highest BCUT2D eigenvalue weighted by atomic mass is 32.7. The molecule has 0 aliphatic rings. The van der Waals surface area contributed by atoms with Gasteiger partial charge in [0.25, 0.3) is 5.69 Å². The van der Waals surface area contributed by atoms with Gasteiger partial charge in [0.05, 0.1) is 19.7 Å². The van der Waals surface area contributed by atoms with Crippen LogP contribution in [0.5, 0.6) is 11.5 Å². The normalized spacial score (nSPS) is 10.9. The number of nitro benzene ring substituents is 3. The van der Waals surface area contributed by atoms with E-state index in [0.717, 1.165) is 30.3 Å². The van der Waals surface area contributed by atoms with E-state index >= 15 is 0 Å². The SMILES string of the molecule is O=[N+]([O-])c1ccccc1OP(=O)(Oc1ccccc1[N+](=O)[O-])Sc1ccccc1[N+](=O)[O-]. The largest absolute Gasteiger partial charge is 0.498 e. The number of benzene rings is 3. The third kappa shape index (κ3) is 5.20. The fraction of sp³-hybridized carbons (Fsp3) is 0. The molecule has 0 amide bonds. The van der Waals surface area contributed by atoms with Gasteiger partial charge in [0.2, 0.25) is 11.5 Å². The average molecular weight is 477 g/mol. The van der Waals surface area contributed by atoms with E-state index in [-0.39, 0.29) is 4.90 Å². The Kier molecular flexibility index (Phi) is 6.71. The highest BCUT2D eigenvalue weighted by molar-refractivity contribution is 8.55. The van der Waals surface area contributed by atoms with Gasteiger partial charge < -0.3 is 9.05 Å². The Bertz CT molecular complexity index is 1100. The van der Waals surface area contributed by atoms with Crippen LogP contribution in [0.15, 0.2) is 77.7 Å². The van der Waals surface area contributed by atoms with Crippen molar-refractivity contribution in [2.24, 2.45) is 0 Å². The number of hydrogen-bond acceptors (Lipinski definition) is 10. The van der Waals surface area contributed by atoms with E-state index in [4.69, 9.17) is 9.05 Å². The van der Waals surface area contributed by atoms with E-state index in [9.17, 15) is 34.9 Å². The summed E-state index contributed by atoms with van der Waals surface area (Å²) in [6.45, 7) is -4.58. The van der Waals surface area contributed by atoms with Crippen molar-refractivity contribution in [2.45, 2.75) is 4.90 Å². The van der Waals surface area contributed by atoms with E-state index in [1.54, 1.807) is 0 Å². The lowest BCUT2D eigenvalue weighted by atomic mass is 10.3. The minimum atomic E-state index is -4.58. The monoisotopic (exact) mass is 477 g/mol. The highest BCUT2D eigenvalue weighted by Crippen LogP contribution is 2.65. The zero-order valence-corrected chi connectivity index (χ0v) is 17.5. The maximum atomic E-state index is 13.7. The van der Waals surface area contributed by atoms with Crippen molar-refractivity contribution in [3.63, 3.8) is 0 Å². The second-order valence-corrected chi connectivity index (χ2v) is 9.67. The first-order valence-electron chi connectivity index (χ1n) is 8.59. The molecule has 0 bridgehead atoms. The molecular weight excluding hydrogens is 465 g/mol. The van der Waals surface area contributed by atoms with Crippen LogP contribution in [0, 0.1) is 30.3 Å². The number of nitro groups is 3. The van der Waals surface area contributed by atoms with Gasteiger partial charge in [0.1, 0.15) is 0 Å². The smallest absolute Gasteiger partial charge is 0.401 e. The standard InChI is InChI=1S/C18H12N3O9PS/c22-19(23)13-7-1-4-10-16(13)29-31(28,30-17-11-5-2-8-14(17)20(24)25)32-18-12-6-3-9-15(18)21(26)27/h1-12H. The van der Waals surface area contributed by atoms with Crippen molar-refractivity contribution in [3.8, 4) is 11.5 Å². The van der Waals surface area contributed by atoms with Gasteiger partial charge in [0, 0.05) is 29.6 Å². The third-order valence-electron chi connectivity index (χ3n) is 3.82. The molecule has 164 valence electrons. The molecule has 0 saturated carbocycles. The minimum Gasteiger partial charge on any atom is -0.401 e. The van der Waals surface area contributed by atoms with Gasteiger partial charge in [-0.1, -0.05) is 36.4 Å². The second kappa shape index (κ2) is 9.45. The fourth-order valence-corrected chi connectivity index (χ4v) is 5.88. The lowest BCUT2D eigenvalue weighted by molar-refractivity contribution is -0.387. The predicted octanol–water partition coefficient (Wildman–Crippen LogP) is 5.77. The van der Waals surface area contributed by atoms with Crippen molar-refractivity contribution in [2.75, 3.05) is 0 Å². The molecule has 0 N–H and O–H groups in total. The maximum Gasteiger partial charge on any atom is 0.498 e. The molecule has 0 spiro atoms. The van der Waals surface area contributed by atoms with Gasteiger partial charge >= 0.3 is 18.2 Å². The number of para-hydroxylation sites is 5. The van der Waals surface area contributed by atoms with Gasteiger partial charge in [-0.2, -0.15) is 0 Å². The molecule has 3 aromatic rings. The first-order chi connectivity index (χ1) is 15.2. The Morgan fingerprint density at radius 1 is 0.625 bits per heavy atom. The summed E-state index contributed by atoms with van der Waals surface area (Å²) >= 11 is 0.301. The zero-order chi connectivity index (χ0) is 23.3. The van der Waals surface area contributed by atoms with Crippen molar-refractivity contribution in [1.82, 2.24) is 0 Å². The van der Waals surface area contributed by atoms with E-state index in [2.05, 4.69) is 0 Å². The van der Waals surface area contributed by atoms with Crippen LogP contribution in [-0.2, 0) is 4.57 Å². The Labute approximate surface area is 183 Å². The molecule has 0 heterocycles. The van der Waals surface area contributed by atoms with E-state index in [1.165, 1.54) is 42.5 Å². The summed E-state index contributed by atoms with van der Waals surface area (Å²) in [5, 5.41) is 34.0. The van der Waals surface area contributed by atoms with Crippen molar-refractivity contribution < 1.29 is 28.4 Å². The number of hydrogen-bond donors (Lipinski definition) is 0. The number of nitrogens with zero attached hydrogens (tertiary/aromatic N) is 3. The molecule has 3 rings (SSSR count). The minimum absolute atomic E-state index is 0.127. The van der Waals surface area contributed by atoms with Crippen LogP contribution >= 0.6 is 18.2 Å². The summed E-state index contributed by atoms with van der Waals surface area (Å²) in [5.74, 6) is -0.879. The molecule has 32 heavy (non-hydrogen) atoms. The van der Waals surface area contributed by atoms with Crippen LogP contribution in [0.25, 0.3) is 0 Å². The summed E-state index contributed by atoms with van der Waals surface area (Å²) in [6.07, 6.45) is 0. The van der Waals surface area contributed by atoms with E-state index in [1.807, 2.05) is 0 Å². The van der Waals surface area contributed by atoms with Crippen LogP contribution < -0.4 is 9.05 Å². The van der Waals surface area contributed by atoms with Gasteiger partial charge in [-0.15, -0.1) is 0 Å². The molecule has 0 unspecified atom stereocenters. The lowest BCUT2D eigenvalue weighted by Crippen LogP contribution is -2.03. The fourth-order valence-electron chi connectivity index (χ4n) is 2.47. The second-order valence-electron chi connectivity index (χ2n) is 5.90. The number of rotatable bonds is 9. The topological polar surface area (TPSA) is 165 Å². The van der Waals surface area contributed by atoms with Crippen LogP contribution in [0.2, 0.25) is 0 Å². The molecule has 0 radical (unpaired) electrons. The van der Waals surface area contributed by atoms with Gasteiger partial charge in [-0.3, -0.25) is 30.3 Å². The molecule has 12 nitrogen and oxygen atoms in total. The third-order valence-corrected chi connectivity index (χ3v) is 7.13. The Morgan fingerprint density at radius 3 is 1.44 bits per heavy atom. The molecule has 3 aromatic carbocycles. The summed E-state index contributed by atoms with van der Waals surface area (Å²) in [5.41, 5.74) is -1.50. The van der Waals surface area contributed by atoms with Crippen LogP contribution in [0.3, 0.4) is 0 Å². The summed E-state index contributed by atoms with van der Waals surface area (Å²) in [4.78, 5) is 31.6. The first-order valence-corrected chi connectivity index (χ1v) is 11.6. The molecular formula is C18H12N3O9PS. The average Bonchev–Trinajstić information content (AvgIpc) is 2.74. The molecule has 0 atom stereocenters. The summed E-state index contributed by atoms with van der Waals surface area (Å²) in [7, 11) is 0.